The van der Waals surface area contributed by atoms with Crippen molar-refractivity contribution in [2.75, 3.05) is 18.4 Å². The molecule has 0 atom stereocenters. The topological polar surface area (TPSA) is 92.5 Å². The molecular weight excluding hydrogens is 282 g/mol. The molecule has 6 nitrogen and oxygen atoms in total. The van der Waals surface area contributed by atoms with Crippen molar-refractivity contribution in [3.05, 3.63) is 29.8 Å². The van der Waals surface area contributed by atoms with Crippen molar-refractivity contribution in [1.82, 2.24) is 4.90 Å². The number of nitrogens with two attached hydrogens (primary N) is 1. The number of para-hydroxylation sites is 1. The summed E-state index contributed by atoms with van der Waals surface area (Å²) >= 11 is 0. The van der Waals surface area contributed by atoms with Gasteiger partial charge in [-0.05, 0) is 30.0 Å². The average molecular weight is 305 g/mol. The SMILES string of the molecule is CC(C)(C)c1ccccc1NC(=O)C(=O)N(C=O)CCCN. The van der Waals surface area contributed by atoms with Gasteiger partial charge in [0.05, 0.1) is 0 Å². The smallest absolute Gasteiger partial charge is 0.318 e. The van der Waals surface area contributed by atoms with Gasteiger partial charge in [0.2, 0.25) is 6.41 Å². The maximum Gasteiger partial charge on any atom is 0.318 e. The van der Waals surface area contributed by atoms with Gasteiger partial charge < -0.3 is 11.1 Å². The monoisotopic (exact) mass is 305 g/mol. The molecule has 6 heteroatoms. The van der Waals surface area contributed by atoms with Crippen LogP contribution < -0.4 is 11.1 Å². The molecule has 3 N–H and O–H groups in total. The van der Waals surface area contributed by atoms with E-state index in [1.165, 1.54) is 0 Å². The molecule has 0 fully saturated rings. The molecule has 0 aromatic heterocycles. The van der Waals surface area contributed by atoms with Gasteiger partial charge in [-0.25, -0.2) is 0 Å². The molecule has 0 spiro atoms. The summed E-state index contributed by atoms with van der Waals surface area (Å²) in [5.41, 5.74) is 6.64. The molecule has 1 aromatic carbocycles. The van der Waals surface area contributed by atoms with Gasteiger partial charge in [-0.2, -0.15) is 0 Å². The van der Waals surface area contributed by atoms with Crippen LogP contribution in [0.25, 0.3) is 0 Å². The molecule has 0 heterocycles. The number of nitrogens with one attached hydrogen (secondary N) is 1. The Morgan fingerprint density at radius 1 is 1.27 bits per heavy atom. The lowest BCUT2D eigenvalue weighted by Crippen LogP contribution is -2.40. The van der Waals surface area contributed by atoms with E-state index >= 15 is 0 Å². The van der Waals surface area contributed by atoms with Gasteiger partial charge >= 0.3 is 11.8 Å². The minimum Gasteiger partial charge on any atom is -0.330 e. The number of anilines is 1. The summed E-state index contributed by atoms with van der Waals surface area (Å²) in [5.74, 6) is -1.71. The van der Waals surface area contributed by atoms with Gasteiger partial charge in [-0.15, -0.1) is 0 Å². The van der Waals surface area contributed by atoms with Crippen LogP contribution >= 0.6 is 0 Å². The molecule has 1 aromatic rings. The van der Waals surface area contributed by atoms with Crippen molar-refractivity contribution in [2.24, 2.45) is 5.73 Å². The summed E-state index contributed by atoms with van der Waals surface area (Å²) in [7, 11) is 0. The Balaban J connectivity index is 2.89. The highest BCUT2D eigenvalue weighted by molar-refractivity contribution is 6.41. The summed E-state index contributed by atoms with van der Waals surface area (Å²) in [6.45, 7) is 6.51. The van der Waals surface area contributed by atoms with E-state index in [0.29, 0.717) is 25.1 Å². The molecule has 0 unspecified atom stereocenters. The summed E-state index contributed by atoms with van der Waals surface area (Å²) in [6.07, 6.45) is 0.809. The average Bonchev–Trinajstić information content (AvgIpc) is 2.47. The van der Waals surface area contributed by atoms with Gasteiger partial charge in [0, 0.05) is 12.2 Å². The van der Waals surface area contributed by atoms with Crippen LogP contribution in [-0.2, 0) is 19.8 Å². The number of nitrogens with zero attached hydrogens (tertiary/aromatic N) is 1. The van der Waals surface area contributed by atoms with E-state index in [2.05, 4.69) is 5.32 Å². The van der Waals surface area contributed by atoms with Gasteiger partial charge in [-0.3, -0.25) is 19.3 Å². The van der Waals surface area contributed by atoms with Crippen molar-refractivity contribution < 1.29 is 14.4 Å². The Kier molecular flexibility index (Phi) is 6.24. The molecule has 3 amide bonds. The second-order valence-electron chi connectivity index (χ2n) is 6.00. The Hall–Kier alpha value is -2.21. The van der Waals surface area contributed by atoms with Crippen LogP contribution in [0, 0.1) is 0 Å². The maximum absolute atomic E-state index is 12.1. The predicted octanol–water partition coefficient (Wildman–Crippen LogP) is 1.26. The number of carbonyl (C=O) groups is 3. The van der Waals surface area contributed by atoms with E-state index < -0.39 is 11.8 Å². The largest absolute Gasteiger partial charge is 0.330 e. The van der Waals surface area contributed by atoms with Crippen LogP contribution in [0.2, 0.25) is 0 Å². The van der Waals surface area contributed by atoms with Crippen LogP contribution in [0.5, 0.6) is 0 Å². The van der Waals surface area contributed by atoms with Crippen molar-refractivity contribution >= 4 is 23.9 Å². The lowest BCUT2D eigenvalue weighted by Gasteiger charge is -2.23. The molecule has 0 bridgehead atoms. The third-order valence-corrected chi connectivity index (χ3v) is 3.17. The molecule has 0 aliphatic rings. The van der Waals surface area contributed by atoms with Crippen LogP contribution in [0.15, 0.2) is 24.3 Å². The zero-order valence-corrected chi connectivity index (χ0v) is 13.3. The second-order valence-corrected chi connectivity index (χ2v) is 6.00. The first-order valence-corrected chi connectivity index (χ1v) is 7.18. The van der Waals surface area contributed by atoms with Crippen molar-refractivity contribution in [1.29, 1.82) is 0 Å². The Morgan fingerprint density at radius 2 is 1.91 bits per heavy atom. The zero-order chi connectivity index (χ0) is 16.8. The maximum atomic E-state index is 12.1. The predicted molar refractivity (Wildman–Crippen MR) is 85.2 cm³/mol. The van der Waals surface area contributed by atoms with Crippen LogP contribution in [0.3, 0.4) is 0 Å². The molecule has 0 saturated carbocycles. The first-order valence-electron chi connectivity index (χ1n) is 7.18. The minimum absolute atomic E-state index is 0.132. The van der Waals surface area contributed by atoms with E-state index in [1.807, 2.05) is 32.9 Å². The number of hydrogen-bond donors (Lipinski definition) is 2. The van der Waals surface area contributed by atoms with E-state index in [1.54, 1.807) is 12.1 Å². The van der Waals surface area contributed by atoms with Crippen molar-refractivity contribution in [3.63, 3.8) is 0 Å². The summed E-state index contributed by atoms with van der Waals surface area (Å²) in [5, 5.41) is 2.59. The highest BCUT2D eigenvalue weighted by Gasteiger charge is 2.24. The molecule has 22 heavy (non-hydrogen) atoms. The first-order chi connectivity index (χ1) is 10.3. The normalized spacial score (nSPS) is 10.9. The second kappa shape index (κ2) is 7.70. The Labute approximate surface area is 130 Å². The fourth-order valence-corrected chi connectivity index (χ4v) is 2.02. The summed E-state index contributed by atoms with van der Waals surface area (Å²) < 4.78 is 0. The quantitative estimate of drug-likeness (QED) is 0.632. The number of hydrogen-bond acceptors (Lipinski definition) is 4. The van der Waals surface area contributed by atoms with E-state index in [0.717, 1.165) is 10.5 Å². The van der Waals surface area contributed by atoms with E-state index in [-0.39, 0.29) is 12.0 Å². The fourth-order valence-electron chi connectivity index (χ4n) is 2.02. The Morgan fingerprint density at radius 3 is 2.45 bits per heavy atom. The van der Waals surface area contributed by atoms with Gasteiger partial charge in [0.25, 0.3) is 0 Å². The molecular formula is C16H23N3O3. The lowest BCUT2D eigenvalue weighted by atomic mass is 9.86. The molecule has 120 valence electrons. The first kappa shape index (κ1) is 17.8. The molecule has 0 radical (unpaired) electrons. The Bertz CT molecular complexity index is 550. The van der Waals surface area contributed by atoms with Gasteiger partial charge in [0.15, 0.2) is 0 Å². The van der Waals surface area contributed by atoms with Crippen LogP contribution in [0.1, 0.15) is 32.8 Å². The van der Waals surface area contributed by atoms with Crippen molar-refractivity contribution in [3.8, 4) is 0 Å². The molecule has 0 aliphatic heterocycles. The number of benzene rings is 1. The highest BCUT2D eigenvalue weighted by Crippen LogP contribution is 2.29. The van der Waals surface area contributed by atoms with E-state index in [4.69, 9.17) is 5.73 Å². The fraction of sp³-hybridized carbons (Fsp3) is 0.438. The van der Waals surface area contributed by atoms with E-state index in [9.17, 15) is 14.4 Å². The number of imide groups is 1. The number of amides is 3. The van der Waals surface area contributed by atoms with Crippen LogP contribution in [0.4, 0.5) is 5.69 Å². The highest BCUT2D eigenvalue weighted by atomic mass is 16.2. The molecule has 0 aliphatic carbocycles. The zero-order valence-electron chi connectivity index (χ0n) is 13.3. The van der Waals surface area contributed by atoms with Gasteiger partial charge in [0.1, 0.15) is 0 Å². The summed E-state index contributed by atoms with van der Waals surface area (Å²) in [6, 6.07) is 7.28. The number of carbonyl (C=O) groups excluding carboxylic acids is 3. The minimum atomic E-state index is -0.882. The van der Waals surface area contributed by atoms with Crippen molar-refractivity contribution in [2.45, 2.75) is 32.6 Å². The third-order valence-electron chi connectivity index (χ3n) is 3.17. The summed E-state index contributed by atoms with van der Waals surface area (Å²) in [4.78, 5) is 35.8. The molecule has 0 saturated heterocycles. The molecule has 1 rings (SSSR count). The number of rotatable bonds is 5. The van der Waals surface area contributed by atoms with Gasteiger partial charge in [-0.1, -0.05) is 39.0 Å². The third kappa shape index (κ3) is 4.66. The standard InChI is InChI=1S/C16H23N3O3/c1-16(2,3)12-7-4-5-8-13(12)18-14(21)15(22)19(11-20)10-6-9-17/h4-5,7-8,11H,6,9-10,17H2,1-3H3,(H,18,21). The van der Waals surface area contributed by atoms with Crippen LogP contribution in [-0.4, -0.2) is 36.2 Å². The lowest BCUT2D eigenvalue weighted by molar-refractivity contribution is -0.146.